The number of pyridine rings is 1. The summed E-state index contributed by atoms with van der Waals surface area (Å²) < 4.78 is 12.9. The number of thioether (sulfide) groups is 1. The van der Waals surface area contributed by atoms with Crippen molar-refractivity contribution in [2.45, 2.75) is 17.9 Å². The topological polar surface area (TPSA) is 77.8 Å². The van der Waals surface area contributed by atoms with Gasteiger partial charge in [-0.1, -0.05) is 6.07 Å². The first kappa shape index (κ1) is 16.7. The van der Waals surface area contributed by atoms with Gasteiger partial charge in [0.05, 0.1) is 11.8 Å². The molecule has 0 aliphatic carbocycles. The molecule has 1 atom stereocenters. The molecule has 1 aliphatic heterocycles. The SMILES string of the molecule is C[C@@H](NC(=O)CSc1ccc2c(c1)OCCO2)c1nnc2ccccn12. The number of hydrogen-bond acceptors (Lipinski definition) is 6. The molecule has 3 heterocycles. The van der Waals surface area contributed by atoms with Crippen molar-refractivity contribution in [3.05, 3.63) is 48.4 Å². The van der Waals surface area contributed by atoms with Crippen LogP contribution in [0.2, 0.25) is 0 Å². The summed E-state index contributed by atoms with van der Waals surface area (Å²) in [7, 11) is 0. The van der Waals surface area contributed by atoms with E-state index in [9.17, 15) is 4.79 Å². The molecule has 2 aromatic heterocycles. The number of hydrogen-bond donors (Lipinski definition) is 1. The maximum atomic E-state index is 12.3. The number of rotatable bonds is 5. The fourth-order valence-electron chi connectivity index (χ4n) is 2.77. The van der Waals surface area contributed by atoms with Gasteiger partial charge < -0.3 is 14.8 Å². The van der Waals surface area contributed by atoms with Gasteiger partial charge in [-0.15, -0.1) is 22.0 Å². The van der Waals surface area contributed by atoms with E-state index in [2.05, 4.69) is 15.5 Å². The summed E-state index contributed by atoms with van der Waals surface area (Å²) in [5.41, 5.74) is 0.759. The lowest BCUT2D eigenvalue weighted by atomic mass is 10.3. The summed E-state index contributed by atoms with van der Waals surface area (Å²) in [6.45, 7) is 3.01. The van der Waals surface area contributed by atoms with Gasteiger partial charge in [0.15, 0.2) is 23.0 Å². The highest BCUT2D eigenvalue weighted by molar-refractivity contribution is 8.00. The lowest BCUT2D eigenvalue weighted by Gasteiger charge is -2.18. The zero-order valence-electron chi connectivity index (χ0n) is 14.2. The first-order valence-electron chi connectivity index (χ1n) is 8.32. The average molecular weight is 370 g/mol. The van der Waals surface area contributed by atoms with Crippen molar-refractivity contribution in [1.29, 1.82) is 0 Å². The molecule has 134 valence electrons. The van der Waals surface area contributed by atoms with Crippen LogP contribution in [-0.4, -0.2) is 39.5 Å². The van der Waals surface area contributed by atoms with E-state index in [1.807, 2.05) is 53.9 Å². The number of nitrogens with one attached hydrogen (secondary N) is 1. The number of ether oxygens (including phenoxy) is 2. The Morgan fingerprint density at radius 2 is 2.08 bits per heavy atom. The van der Waals surface area contributed by atoms with Crippen molar-refractivity contribution in [2.75, 3.05) is 19.0 Å². The molecule has 0 saturated carbocycles. The van der Waals surface area contributed by atoms with Crippen molar-refractivity contribution in [3.63, 3.8) is 0 Å². The van der Waals surface area contributed by atoms with E-state index in [1.165, 1.54) is 11.8 Å². The normalized spacial score (nSPS) is 14.2. The van der Waals surface area contributed by atoms with Gasteiger partial charge in [0, 0.05) is 11.1 Å². The van der Waals surface area contributed by atoms with E-state index in [0.29, 0.717) is 24.8 Å². The maximum absolute atomic E-state index is 12.3. The molecule has 1 aliphatic rings. The van der Waals surface area contributed by atoms with Crippen LogP contribution >= 0.6 is 11.8 Å². The van der Waals surface area contributed by atoms with Crippen LogP contribution < -0.4 is 14.8 Å². The second kappa shape index (κ2) is 7.25. The van der Waals surface area contributed by atoms with E-state index in [-0.39, 0.29) is 11.9 Å². The first-order valence-corrected chi connectivity index (χ1v) is 9.31. The molecular formula is C18H18N4O3S. The molecule has 0 spiro atoms. The maximum Gasteiger partial charge on any atom is 0.230 e. The first-order chi connectivity index (χ1) is 12.7. The Balaban J connectivity index is 1.36. The van der Waals surface area contributed by atoms with Gasteiger partial charge >= 0.3 is 0 Å². The van der Waals surface area contributed by atoms with Crippen LogP contribution in [-0.2, 0) is 4.79 Å². The van der Waals surface area contributed by atoms with E-state index in [0.717, 1.165) is 22.0 Å². The van der Waals surface area contributed by atoms with Crippen molar-refractivity contribution < 1.29 is 14.3 Å². The Morgan fingerprint density at radius 1 is 1.23 bits per heavy atom. The molecule has 0 fully saturated rings. The molecule has 0 unspecified atom stereocenters. The zero-order valence-corrected chi connectivity index (χ0v) is 15.0. The molecule has 26 heavy (non-hydrogen) atoms. The van der Waals surface area contributed by atoms with Crippen LogP contribution in [0.5, 0.6) is 11.5 Å². The minimum atomic E-state index is -0.235. The molecule has 4 rings (SSSR count). The standard InChI is InChI=1S/C18H18N4O3S/c1-12(18-21-20-16-4-2-3-7-22(16)18)19-17(23)11-26-13-5-6-14-15(10-13)25-9-8-24-14/h2-7,10,12H,8-9,11H2,1H3,(H,19,23)/t12-/m1/s1. The Morgan fingerprint density at radius 3 is 2.96 bits per heavy atom. The van der Waals surface area contributed by atoms with E-state index in [4.69, 9.17) is 9.47 Å². The fraction of sp³-hybridized carbons (Fsp3) is 0.278. The third-order valence-electron chi connectivity index (χ3n) is 3.99. The van der Waals surface area contributed by atoms with Crippen LogP contribution in [0.4, 0.5) is 0 Å². The van der Waals surface area contributed by atoms with Gasteiger partial charge in [0.1, 0.15) is 13.2 Å². The minimum Gasteiger partial charge on any atom is -0.486 e. The number of nitrogens with zero attached hydrogens (tertiary/aromatic N) is 3. The Hall–Kier alpha value is -2.74. The van der Waals surface area contributed by atoms with Crippen LogP contribution in [0.1, 0.15) is 18.8 Å². The number of carbonyl (C=O) groups is 1. The predicted molar refractivity (Wildman–Crippen MR) is 97.7 cm³/mol. The molecule has 1 aromatic carbocycles. The van der Waals surface area contributed by atoms with Crippen molar-refractivity contribution in [3.8, 4) is 11.5 Å². The number of benzene rings is 1. The van der Waals surface area contributed by atoms with E-state index < -0.39 is 0 Å². The monoisotopic (exact) mass is 370 g/mol. The molecule has 1 amide bonds. The molecular weight excluding hydrogens is 352 g/mol. The highest BCUT2D eigenvalue weighted by Crippen LogP contribution is 2.34. The summed E-state index contributed by atoms with van der Waals surface area (Å²) in [6, 6.07) is 11.2. The second-order valence-electron chi connectivity index (χ2n) is 5.87. The summed E-state index contributed by atoms with van der Waals surface area (Å²) in [4.78, 5) is 13.3. The fourth-order valence-corrected chi connectivity index (χ4v) is 3.50. The number of carbonyl (C=O) groups excluding carboxylic acids is 1. The Bertz CT molecular complexity index is 943. The molecule has 0 radical (unpaired) electrons. The van der Waals surface area contributed by atoms with E-state index in [1.54, 1.807) is 0 Å². The zero-order chi connectivity index (χ0) is 17.9. The average Bonchev–Trinajstić information content (AvgIpc) is 3.10. The Labute approximate surface area is 154 Å². The van der Waals surface area contributed by atoms with Crippen LogP contribution in [0.3, 0.4) is 0 Å². The summed E-state index contributed by atoms with van der Waals surface area (Å²) in [6.07, 6.45) is 1.89. The molecule has 7 nitrogen and oxygen atoms in total. The number of amides is 1. The molecule has 3 aromatic rings. The van der Waals surface area contributed by atoms with Crippen molar-refractivity contribution in [1.82, 2.24) is 19.9 Å². The largest absolute Gasteiger partial charge is 0.486 e. The highest BCUT2D eigenvalue weighted by Gasteiger charge is 2.16. The van der Waals surface area contributed by atoms with Crippen LogP contribution in [0.25, 0.3) is 5.65 Å². The van der Waals surface area contributed by atoms with Gasteiger partial charge in [-0.25, -0.2) is 0 Å². The molecule has 8 heteroatoms. The number of aromatic nitrogens is 3. The highest BCUT2D eigenvalue weighted by atomic mass is 32.2. The lowest BCUT2D eigenvalue weighted by Crippen LogP contribution is -2.29. The Kier molecular flexibility index (Phi) is 4.66. The predicted octanol–water partition coefficient (Wildman–Crippen LogP) is 2.47. The molecule has 1 N–H and O–H groups in total. The van der Waals surface area contributed by atoms with Gasteiger partial charge in [-0.3, -0.25) is 9.20 Å². The molecule has 0 saturated heterocycles. The third kappa shape index (κ3) is 3.45. The smallest absolute Gasteiger partial charge is 0.230 e. The second-order valence-corrected chi connectivity index (χ2v) is 6.92. The number of fused-ring (bicyclic) bond motifs is 2. The van der Waals surface area contributed by atoms with Crippen LogP contribution in [0, 0.1) is 0 Å². The summed E-state index contributed by atoms with van der Waals surface area (Å²) in [5, 5.41) is 11.3. The van der Waals surface area contributed by atoms with Crippen molar-refractivity contribution >= 4 is 23.3 Å². The lowest BCUT2D eigenvalue weighted by molar-refractivity contribution is -0.119. The van der Waals surface area contributed by atoms with Gasteiger partial charge in [-0.2, -0.15) is 0 Å². The quantitative estimate of drug-likeness (QED) is 0.695. The van der Waals surface area contributed by atoms with E-state index >= 15 is 0 Å². The minimum absolute atomic E-state index is 0.0647. The van der Waals surface area contributed by atoms with Gasteiger partial charge in [-0.05, 0) is 37.3 Å². The van der Waals surface area contributed by atoms with Crippen molar-refractivity contribution in [2.24, 2.45) is 0 Å². The van der Waals surface area contributed by atoms with Crippen LogP contribution in [0.15, 0.2) is 47.5 Å². The van der Waals surface area contributed by atoms with Gasteiger partial charge in [0.25, 0.3) is 0 Å². The third-order valence-corrected chi connectivity index (χ3v) is 4.98. The summed E-state index contributed by atoms with van der Waals surface area (Å²) in [5.74, 6) is 2.42. The van der Waals surface area contributed by atoms with Gasteiger partial charge in [0.2, 0.25) is 5.91 Å². The molecule has 0 bridgehead atoms. The summed E-state index contributed by atoms with van der Waals surface area (Å²) >= 11 is 1.45.